The molecule has 0 bridgehead atoms. The number of phenolic OH excluding ortho intramolecular Hbond substituents is 3. The molecule has 2 rings (SSSR count). The van der Waals surface area contributed by atoms with E-state index in [9.17, 15) is 20.1 Å². The number of aromatic hydroxyl groups is 3. The fourth-order valence-corrected chi connectivity index (χ4v) is 1.88. The van der Waals surface area contributed by atoms with Crippen LogP contribution in [0.2, 0.25) is 0 Å². The van der Waals surface area contributed by atoms with Gasteiger partial charge in [-0.25, -0.2) is 0 Å². The quantitative estimate of drug-likeness (QED) is 0.538. The van der Waals surface area contributed by atoms with Gasteiger partial charge in [-0.05, 0) is 29.8 Å². The highest BCUT2D eigenvalue weighted by Crippen LogP contribution is 2.27. The molecule has 0 heterocycles. The second kappa shape index (κ2) is 5.82. The summed E-state index contributed by atoms with van der Waals surface area (Å²) in [6, 6.07) is 8.67. The molecule has 0 fully saturated rings. The smallest absolute Gasteiger partial charge is 0.198 e. The van der Waals surface area contributed by atoms with Crippen molar-refractivity contribution in [3.05, 3.63) is 53.6 Å². The van der Waals surface area contributed by atoms with Gasteiger partial charge in [0.25, 0.3) is 0 Å². The molecule has 0 amide bonds. The number of carbonyl (C=O) groups is 1. The molecule has 2 aromatic carbocycles. The Kier molecular flexibility index (Phi) is 4.11. The van der Waals surface area contributed by atoms with Crippen LogP contribution in [-0.4, -0.2) is 37.4 Å². The summed E-state index contributed by atoms with van der Waals surface area (Å²) in [6.45, 7) is 0. The third-order valence-electron chi connectivity index (χ3n) is 3.05. The number of hydrogen-bond acceptors (Lipinski definition) is 6. The Hall–Kier alpha value is -2.57. The maximum absolute atomic E-state index is 12.1. The van der Waals surface area contributed by atoms with E-state index in [2.05, 4.69) is 0 Å². The Balaban J connectivity index is 2.24. The minimum absolute atomic E-state index is 0.0112. The molecule has 5 N–H and O–H groups in total. The average molecular weight is 290 g/mol. The zero-order chi connectivity index (χ0) is 15.6. The highest BCUT2D eigenvalue weighted by molar-refractivity contribution is 6.02. The van der Waals surface area contributed by atoms with E-state index in [4.69, 9.17) is 10.2 Å². The molecule has 2 aromatic rings. The summed E-state index contributed by atoms with van der Waals surface area (Å²) in [4.78, 5) is 12.1. The molecule has 0 aliphatic heterocycles. The van der Waals surface area contributed by atoms with E-state index in [1.54, 1.807) is 0 Å². The molecule has 0 aliphatic carbocycles. The number of aliphatic hydroxyl groups is 2. The summed E-state index contributed by atoms with van der Waals surface area (Å²) in [5, 5.41) is 47.8. The van der Waals surface area contributed by atoms with Crippen LogP contribution in [0.25, 0.3) is 0 Å². The average Bonchev–Trinajstić information content (AvgIpc) is 2.46. The van der Waals surface area contributed by atoms with E-state index in [1.807, 2.05) is 0 Å². The lowest BCUT2D eigenvalue weighted by Gasteiger charge is -2.17. The minimum Gasteiger partial charge on any atom is -0.508 e. The Morgan fingerprint density at radius 3 is 2.00 bits per heavy atom. The van der Waals surface area contributed by atoms with Crippen LogP contribution in [0.1, 0.15) is 22.0 Å². The van der Waals surface area contributed by atoms with Gasteiger partial charge in [0.05, 0.1) is 5.56 Å². The summed E-state index contributed by atoms with van der Waals surface area (Å²) in [7, 11) is 0. The van der Waals surface area contributed by atoms with E-state index in [-0.39, 0.29) is 22.6 Å². The second-order valence-electron chi connectivity index (χ2n) is 4.55. The van der Waals surface area contributed by atoms with Crippen LogP contribution in [0.15, 0.2) is 42.5 Å². The van der Waals surface area contributed by atoms with E-state index < -0.39 is 23.7 Å². The molecule has 0 aliphatic rings. The van der Waals surface area contributed by atoms with Gasteiger partial charge in [-0.15, -0.1) is 0 Å². The Morgan fingerprint density at radius 2 is 1.43 bits per heavy atom. The van der Waals surface area contributed by atoms with Gasteiger partial charge >= 0.3 is 0 Å². The molecule has 0 radical (unpaired) electrons. The predicted molar refractivity (Wildman–Crippen MR) is 73.2 cm³/mol. The number of carbonyl (C=O) groups excluding carboxylic acids is 1. The lowest BCUT2D eigenvalue weighted by molar-refractivity contribution is 0.0202. The molecule has 110 valence electrons. The van der Waals surface area contributed by atoms with Crippen molar-refractivity contribution in [1.82, 2.24) is 0 Å². The van der Waals surface area contributed by atoms with Gasteiger partial charge in [-0.2, -0.15) is 0 Å². The van der Waals surface area contributed by atoms with Crippen LogP contribution in [0.3, 0.4) is 0 Å². The first-order chi connectivity index (χ1) is 9.90. The molecule has 0 saturated heterocycles. The molecule has 2 atom stereocenters. The normalized spacial score (nSPS) is 13.6. The maximum Gasteiger partial charge on any atom is 0.198 e. The number of Topliss-reactive ketones (excluding diaryl/α,β-unsaturated/α-hetero) is 1. The van der Waals surface area contributed by atoms with Gasteiger partial charge in [-0.1, -0.05) is 12.1 Å². The molecular weight excluding hydrogens is 276 g/mol. The Bertz CT molecular complexity index is 650. The van der Waals surface area contributed by atoms with Crippen LogP contribution >= 0.6 is 0 Å². The molecule has 0 spiro atoms. The molecular formula is C15H14O6. The number of hydrogen-bond donors (Lipinski definition) is 5. The first kappa shape index (κ1) is 14.8. The number of benzene rings is 2. The Labute approximate surface area is 120 Å². The monoisotopic (exact) mass is 290 g/mol. The second-order valence-corrected chi connectivity index (χ2v) is 4.55. The van der Waals surface area contributed by atoms with Crippen molar-refractivity contribution in [3.63, 3.8) is 0 Å². The van der Waals surface area contributed by atoms with Crippen LogP contribution in [0, 0.1) is 0 Å². The van der Waals surface area contributed by atoms with Gasteiger partial charge in [0, 0.05) is 6.07 Å². The molecule has 6 nitrogen and oxygen atoms in total. The summed E-state index contributed by atoms with van der Waals surface area (Å²) >= 11 is 0. The number of phenols is 3. The molecule has 0 saturated carbocycles. The van der Waals surface area contributed by atoms with Gasteiger partial charge in [-0.3, -0.25) is 4.79 Å². The molecule has 6 heteroatoms. The minimum atomic E-state index is -1.79. The zero-order valence-corrected chi connectivity index (χ0v) is 10.8. The summed E-state index contributed by atoms with van der Waals surface area (Å²) in [6.07, 6.45) is -3.30. The number of ketones is 1. The highest BCUT2D eigenvalue weighted by atomic mass is 16.3. The van der Waals surface area contributed by atoms with Gasteiger partial charge in [0.2, 0.25) is 0 Å². The maximum atomic E-state index is 12.1. The fraction of sp³-hybridized carbons (Fsp3) is 0.133. The van der Waals surface area contributed by atoms with Gasteiger partial charge < -0.3 is 25.5 Å². The van der Waals surface area contributed by atoms with Crippen molar-refractivity contribution in [2.45, 2.75) is 12.2 Å². The van der Waals surface area contributed by atoms with Crippen LogP contribution in [0.5, 0.6) is 17.2 Å². The van der Waals surface area contributed by atoms with Crippen LogP contribution < -0.4 is 0 Å². The first-order valence-electron chi connectivity index (χ1n) is 6.11. The van der Waals surface area contributed by atoms with Gasteiger partial charge in [0.1, 0.15) is 29.5 Å². The first-order valence-corrected chi connectivity index (χ1v) is 6.11. The molecule has 2 unspecified atom stereocenters. The number of rotatable bonds is 4. The number of aliphatic hydroxyl groups excluding tert-OH is 2. The summed E-state index contributed by atoms with van der Waals surface area (Å²) in [5.41, 5.74) is 0.0325. The van der Waals surface area contributed by atoms with E-state index >= 15 is 0 Å². The SMILES string of the molecule is O=C(c1ccc(O)cc1O)C(O)C(O)c1ccc(O)cc1. The lowest BCUT2D eigenvalue weighted by atomic mass is 9.96. The predicted octanol–water partition coefficient (Wildman–Crippen LogP) is 1.08. The molecule has 21 heavy (non-hydrogen) atoms. The Morgan fingerprint density at radius 1 is 0.857 bits per heavy atom. The van der Waals surface area contributed by atoms with E-state index in [0.29, 0.717) is 0 Å². The van der Waals surface area contributed by atoms with Crippen LogP contribution in [-0.2, 0) is 0 Å². The fourth-order valence-electron chi connectivity index (χ4n) is 1.88. The highest BCUT2D eigenvalue weighted by Gasteiger charge is 2.28. The third kappa shape index (κ3) is 3.13. The zero-order valence-electron chi connectivity index (χ0n) is 10.8. The third-order valence-corrected chi connectivity index (χ3v) is 3.05. The summed E-state index contributed by atoms with van der Waals surface area (Å²) in [5.74, 6) is -1.61. The van der Waals surface area contributed by atoms with Crippen molar-refractivity contribution >= 4 is 5.78 Å². The van der Waals surface area contributed by atoms with Crippen LogP contribution in [0.4, 0.5) is 0 Å². The van der Waals surface area contributed by atoms with Crippen molar-refractivity contribution in [3.8, 4) is 17.2 Å². The van der Waals surface area contributed by atoms with Crippen molar-refractivity contribution in [2.75, 3.05) is 0 Å². The standard InChI is InChI=1S/C15H14O6/c16-9-3-1-8(2-4-9)13(19)15(21)14(20)11-6-5-10(17)7-12(11)18/h1-7,13,15-19,21H. The topological polar surface area (TPSA) is 118 Å². The van der Waals surface area contributed by atoms with E-state index in [0.717, 1.165) is 12.1 Å². The van der Waals surface area contributed by atoms with E-state index in [1.165, 1.54) is 30.3 Å². The largest absolute Gasteiger partial charge is 0.508 e. The van der Waals surface area contributed by atoms with Gasteiger partial charge in [0.15, 0.2) is 5.78 Å². The lowest BCUT2D eigenvalue weighted by Crippen LogP contribution is -2.28. The molecule has 0 aromatic heterocycles. The van der Waals surface area contributed by atoms with Crippen molar-refractivity contribution < 1.29 is 30.3 Å². The van der Waals surface area contributed by atoms with Crippen molar-refractivity contribution in [2.24, 2.45) is 0 Å². The van der Waals surface area contributed by atoms with Crippen molar-refractivity contribution in [1.29, 1.82) is 0 Å². The summed E-state index contributed by atoms with van der Waals surface area (Å²) < 4.78 is 0.